The molecule has 1 heterocycles. The zero-order valence-electron chi connectivity index (χ0n) is 9.43. The molecule has 0 unspecified atom stereocenters. The second kappa shape index (κ2) is 4.70. The molecular weight excluding hydrogens is 238 g/mol. The lowest BCUT2D eigenvalue weighted by Crippen LogP contribution is -2.14. The van der Waals surface area contributed by atoms with E-state index in [4.69, 9.17) is 0 Å². The Hall–Kier alpha value is -2.63. The van der Waals surface area contributed by atoms with Gasteiger partial charge in [0.1, 0.15) is 0 Å². The van der Waals surface area contributed by atoms with Crippen molar-refractivity contribution in [2.24, 2.45) is 0 Å². The Morgan fingerprint density at radius 1 is 1.39 bits per heavy atom. The highest BCUT2D eigenvalue weighted by Crippen LogP contribution is 2.10. The van der Waals surface area contributed by atoms with E-state index in [1.807, 2.05) is 0 Å². The minimum atomic E-state index is -0.801. The van der Waals surface area contributed by atoms with Crippen molar-refractivity contribution >= 4 is 22.9 Å². The molecule has 0 fully saturated rings. The Kier molecular flexibility index (Phi) is 3.09. The van der Waals surface area contributed by atoms with Crippen LogP contribution in [0.5, 0.6) is 0 Å². The van der Waals surface area contributed by atoms with Crippen molar-refractivity contribution in [3.8, 4) is 0 Å². The third-order valence-electron chi connectivity index (χ3n) is 2.30. The molecule has 0 saturated carbocycles. The minimum absolute atomic E-state index is 0.238. The number of H-pyrrole nitrogens is 1. The summed E-state index contributed by atoms with van der Waals surface area (Å²) in [5.41, 5.74) is 0.279. The van der Waals surface area contributed by atoms with Crippen molar-refractivity contribution in [2.75, 3.05) is 7.11 Å². The first-order chi connectivity index (χ1) is 8.60. The second-order valence-electron chi connectivity index (χ2n) is 3.46. The number of hydrogen-bond acceptors (Lipinski definition) is 5. The maximum absolute atomic E-state index is 11.4. The zero-order chi connectivity index (χ0) is 13.1. The molecule has 18 heavy (non-hydrogen) atoms. The van der Waals surface area contributed by atoms with E-state index in [1.54, 1.807) is 12.1 Å². The summed E-state index contributed by atoms with van der Waals surface area (Å²) in [7, 11) is 1.27. The molecule has 1 N–H and O–H groups in total. The van der Waals surface area contributed by atoms with E-state index in [-0.39, 0.29) is 5.39 Å². The summed E-state index contributed by atoms with van der Waals surface area (Å²) < 4.78 is 8.86. The van der Waals surface area contributed by atoms with Gasteiger partial charge in [0.15, 0.2) is 0 Å². The van der Waals surface area contributed by atoms with Gasteiger partial charge in [-0.1, -0.05) is 6.07 Å². The highest BCUT2D eigenvalue weighted by molar-refractivity contribution is 5.88. The number of aromatic amines is 1. The normalized spacial score (nSPS) is 10.9. The van der Waals surface area contributed by atoms with Crippen LogP contribution in [0.25, 0.3) is 17.0 Å². The molecule has 92 valence electrons. The van der Waals surface area contributed by atoms with Crippen LogP contribution in [0.2, 0.25) is 0 Å². The summed E-state index contributed by atoms with van der Waals surface area (Å²) in [5.74, 6) is -1.30. The Balaban J connectivity index is 2.51. The first-order valence-corrected chi connectivity index (χ1v) is 5.03. The van der Waals surface area contributed by atoms with Gasteiger partial charge in [0, 0.05) is 6.08 Å². The van der Waals surface area contributed by atoms with Crippen LogP contribution in [-0.2, 0) is 9.53 Å². The van der Waals surface area contributed by atoms with Gasteiger partial charge < -0.3 is 9.15 Å². The number of carbonyl (C=O) groups excluding carboxylic acids is 1. The van der Waals surface area contributed by atoms with Crippen molar-refractivity contribution in [3.63, 3.8) is 0 Å². The Labute approximate surface area is 101 Å². The molecule has 0 atom stereocenters. The summed E-state index contributed by atoms with van der Waals surface area (Å²) in [6, 6.07) is 4.72. The molecule has 0 bridgehead atoms. The van der Waals surface area contributed by atoms with Crippen LogP contribution >= 0.6 is 0 Å². The number of methoxy groups -OCH3 is 1. The number of fused-ring (bicyclic) bond motifs is 1. The van der Waals surface area contributed by atoms with Crippen molar-refractivity contribution in [2.45, 2.75) is 0 Å². The lowest BCUT2D eigenvalue weighted by molar-refractivity contribution is -0.134. The van der Waals surface area contributed by atoms with Gasteiger partial charge in [0.05, 0.1) is 18.0 Å². The molecule has 1 aromatic carbocycles. The first kappa shape index (κ1) is 11.8. The van der Waals surface area contributed by atoms with Gasteiger partial charge in [0.2, 0.25) is 0 Å². The number of ether oxygens (including phenoxy) is 1. The molecule has 0 aliphatic heterocycles. The van der Waals surface area contributed by atoms with Gasteiger partial charge in [-0.25, -0.2) is 14.4 Å². The van der Waals surface area contributed by atoms with Crippen LogP contribution in [0.3, 0.4) is 0 Å². The predicted octanol–water partition coefficient (Wildman–Crippen LogP) is 0.667. The summed E-state index contributed by atoms with van der Waals surface area (Å²) in [4.78, 5) is 35.7. The molecule has 0 aliphatic carbocycles. The number of esters is 1. The predicted molar refractivity (Wildman–Crippen MR) is 64.2 cm³/mol. The minimum Gasteiger partial charge on any atom is -0.466 e. The maximum Gasteiger partial charge on any atom is 0.419 e. The SMILES string of the molecule is COC(=O)C=Cc1ccc2[nH]c(=O)oc(=O)c2c1. The Morgan fingerprint density at radius 2 is 2.17 bits per heavy atom. The van der Waals surface area contributed by atoms with E-state index in [0.717, 1.165) is 0 Å². The molecule has 2 rings (SSSR count). The second-order valence-corrected chi connectivity index (χ2v) is 3.46. The maximum atomic E-state index is 11.4. The number of benzene rings is 1. The Bertz CT molecular complexity index is 738. The monoisotopic (exact) mass is 247 g/mol. The summed E-state index contributed by atoms with van der Waals surface area (Å²) >= 11 is 0. The van der Waals surface area contributed by atoms with E-state index in [9.17, 15) is 14.4 Å². The van der Waals surface area contributed by atoms with Crippen LogP contribution < -0.4 is 11.4 Å². The van der Waals surface area contributed by atoms with Crippen LogP contribution in [0.4, 0.5) is 0 Å². The largest absolute Gasteiger partial charge is 0.466 e. The molecule has 6 nitrogen and oxygen atoms in total. The topological polar surface area (TPSA) is 89.4 Å². The first-order valence-electron chi connectivity index (χ1n) is 5.03. The van der Waals surface area contributed by atoms with E-state index in [2.05, 4.69) is 14.1 Å². The van der Waals surface area contributed by atoms with Crippen LogP contribution in [0.15, 0.2) is 38.3 Å². The van der Waals surface area contributed by atoms with E-state index in [0.29, 0.717) is 11.1 Å². The summed E-state index contributed by atoms with van der Waals surface area (Å²) in [5, 5.41) is 0.238. The molecule has 0 radical (unpaired) electrons. The highest BCUT2D eigenvalue weighted by atomic mass is 16.5. The van der Waals surface area contributed by atoms with Crippen LogP contribution in [-0.4, -0.2) is 18.1 Å². The molecule has 0 amide bonds. The third kappa shape index (κ3) is 2.37. The lowest BCUT2D eigenvalue weighted by Gasteiger charge is -1.97. The average molecular weight is 247 g/mol. The summed E-state index contributed by atoms with van der Waals surface area (Å²) in [6.07, 6.45) is 2.73. The third-order valence-corrected chi connectivity index (χ3v) is 2.30. The van der Waals surface area contributed by atoms with Gasteiger partial charge in [-0.2, -0.15) is 0 Å². The number of rotatable bonds is 2. The van der Waals surface area contributed by atoms with E-state index < -0.39 is 17.4 Å². The summed E-state index contributed by atoms with van der Waals surface area (Å²) in [6.45, 7) is 0. The van der Waals surface area contributed by atoms with Gasteiger partial charge >= 0.3 is 17.4 Å². The van der Waals surface area contributed by atoms with Gasteiger partial charge in [-0.3, -0.25) is 4.98 Å². The quantitative estimate of drug-likeness (QED) is 0.622. The fraction of sp³-hybridized carbons (Fsp3) is 0.0833. The molecule has 2 aromatic rings. The molecule has 6 heteroatoms. The zero-order valence-corrected chi connectivity index (χ0v) is 9.43. The average Bonchev–Trinajstić information content (AvgIpc) is 2.36. The van der Waals surface area contributed by atoms with Crippen molar-refractivity contribution in [1.29, 1.82) is 0 Å². The lowest BCUT2D eigenvalue weighted by atomic mass is 10.1. The highest BCUT2D eigenvalue weighted by Gasteiger charge is 2.02. The Morgan fingerprint density at radius 3 is 2.89 bits per heavy atom. The van der Waals surface area contributed by atoms with Gasteiger partial charge in [0.25, 0.3) is 0 Å². The number of aromatic nitrogens is 1. The molecular formula is C12H9NO5. The molecule has 0 saturated heterocycles. The van der Waals surface area contributed by atoms with Gasteiger partial charge in [-0.05, 0) is 23.8 Å². The standard InChI is InChI=1S/C12H9NO5/c1-17-10(14)5-3-7-2-4-9-8(6-7)11(15)18-12(16)13-9/h2-6H,1H3,(H,13,16). The van der Waals surface area contributed by atoms with E-state index >= 15 is 0 Å². The van der Waals surface area contributed by atoms with E-state index in [1.165, 1.54) is 25.3 Å². The number of nitrogens with one attached hydrogen (secondary N) is 1. The fourth-order valence-corrected chi connectivity index (χ4v) is 1.45. The van der Waals surface area contributed by atoms with Crippen molar-refractivity contribution in [1.82, 2.24) is 4.98 Å². The van der Waals surface area contributed by atoms with Crippen molar-refractivity contribution < 1.29 is 13.9 Å². The van der Waals surface area contributed by atoms with Crippen molar-refractivity contribution in [3.05, 3.63) is 50.8 Å². The van der Waals surface area contributed by atoms with Crippen LogP contribution in [0.1, 0.15) is 5.56 Å². The fourth-order valence-electron chi connectivity index (χ4n) is 1.45. The molecule has 0 aliphatic rings. The molecule has 1 aromatic heterocycles. The number of carbonyl (C=O) groups is 1. The molecule has 0 spiro atoms. The smallest absolute Gasteiger partial charge is 0.419 e. The van der Waals surface area contributed by atoms with Crippen LogP contribution in [0, 0.1) is 0 Å². The van der Waals surface area contributed by atoms with Gasteiger partial charge in [-0.15, -0.1) is 0 Å². The number of hydrogen-bond donors (Lipinski definition) is 1.